The number of nitrogens with one attached hydrogen (secondary N) is 1. The van der Waals surface area contributed by atoms with E-state index < -0.39 is 0 Å². The third-order valence-electron chi connectivity index (χ3n) is 4.91. The number of rotatable bonds is 4. The first-order valence-electron chi connectivity index (χ1n) is 8.40. The summed E-state index contributed by atoms with van der Waals surface area (Å²) in [6, 6.07) is 8.01. The number of aromatic amines is 1. The van der Waals surface area contributed by atoms with E-state index in [1.54, 1.807) is 0 Å². The first-order chi connectivity index (χ1) is 11.7. The second kappa shape index (κ2) is 6.11. The molecule has 6 heteroatoms. The van der Waals surface area contributed by atoms with Crippen molar-refractivity contribution >= 4 is 16.9 Å². The number of benzene rings is 1. The lowest BCUT2D eigenvalue weighted by atomic mass is 10.0. The zero-order valence-electron chi connectivity index (χ0n) is 13.8. The van der Waals surface area contributed by atoms with Gasteiger partial charge < -0.3 is 9.47 Å². The molecule has 1 saturated heterocycles. The van der Waals surface area contributed by atoms with Crippen LogP contribution in [0.2, 0.25) is 0 Å². The molecule has 1 fully saturated rings. The lowest BCUT2D eigenvalue weighted by Crippen LogP contribution is -2.29. The lowest BCUT2D eigenvalue weighted by molar-refractivity contribution is -0.130. The van der Waals surface area contributed by atoms with Crippen molar-refractivity contribution in [2.45, 2.75) is 32.2 Å². The molecule has 24 heavy (non-hydrogen) atoms. The minimum absolute atomic E-state index is 0.215. The number of hydrogen-bond acceptors (Lipinski definition) is 3. The Labute approximate surface area is 140 Å². The van der Waals surface area contributed by atoms with Gasteiger partial charge in [-0.05, 0) is 31.0 Å². The van der Waals surface area contributed by atoms with Gasteiger partial charge in [-0.15, -0.1) is 0 Å². The summed E-state index contributed by atoms with van der Waals surface area (Å²) in [6.45, 7) is 4.34. The zero-order valence-corrected chi connectivity index (χ0v) is 13.8. The maximum Gasteiger partial charge on any atom is 0.224 e. The molecule has 3 heterocycles. The molecule has 3 aromatic rings. The van der Waals surface area contributed by atoms with Gasteiger partial charge in [0.2, 0.25) is 5.91 Å². The van der Waals surface area contributed by atoms with E-state index in [0.29, 0.717) is 18.9 Å². The Morgan fingerprint density at radius 3 is 3.08 bits per heavy atom. The first kappa shape index (κ1) is 14.9. The van der Waals surface area contributed by atoms with Crippen molar-refractivity contribution in [2.75, 3.05) is 13.1 Å². The number of para-hydroxylation sites is 2. The number of carbonyl (C=O) groups is 1. The van der Waals surface area contributed by atoms with Crippen LogP contribution in [0, 0.1) is 6.92 Å². The van der Waals surface area contributed by atoms with Crippen LogP contribution in [0.15, 0.2) is 36.8 Å². The zero-order chi connectivity index (χ0) is 16.5. The van der Waals surface area contributed by atoms with Crippen LogP contribution in [0.5, 0.6) is 0 Å². The molecule has 0 aliphatic carbocycles. The number of hydrogen-bond donors (Lipinski definition) is 1. The summed E-state index contributed by atoms with van der Waals surface area (Å²) < 4.78 is 2.06. The van der Waals surface area contributed by atoms with Crippen molar-refractivity contribution in [1.29, 1.82) is 0 Å². The van der Waals surface area contributed by atoms with Gasteiger partial charge in [0.05, 0.1) is 23.6 Å². The van der Waals surface area contributed by atoms with Crippen molar-refractivity contribution in [3.8, 4) is 0 Å². The Bertz CT molecular complexity index is 865. The van der Waals surface area contributed by atoms with E-state index in [9.17, 15) is 4.79 Å². The molecular weight excluding hydrogens is 302 g/mol. The molecule has 2 aromatic heterocycles. The lowest BCUT2D eigenvalue weighted by Gasteiger charge is -2.17. The summed E-state index contributed by atoms with van der Waals surface area (Å²) in [4.78, 5) is 18.9. The van der Waals surface area contributed by atoms with Crippen molar-refractivity contribution < 1.29 is 4.79 Å². The van der Waals surface area contributed by atoms with E-state index in [0.717, 1.165) is 30.5 Å². The first-order valence-corrected chi connectivity index (χ1v) is 8.40. The molecule has 1 atom stereocenters. The number of aryl methyl sites for hydroxylation is 2. The molecule has 1 aromatic carbocycles. The highest BCUT2D eigenvalue weighted by Crippen LogP contribution is 2.28. The number of amides is 1. The van der Waals surface area contributed by atoms with Gasteiger partial charge in [0.15, 0.2) is 0 Å². The average molecular weight is 323 g/mol. The van der Waals surface area contributed by atoms with Gasteiger partial charge in [0.25, 0.3) is 0 Å². The molecule has 0 radical (unpaired) electrons. The van der Waals surface area contributed by atoms with Gasteiger partial charge in [-0.2, -0.15) is 5.10 Å². The number of fused-ring (bicyclic) bond motifs is 1. The fourth-order valence-electron chi connectivity index (χ4n) is 3.55. The second-order valence-corrected chi connectivity index (χ2v) is 6.47. The fraction of sp³-hybridized carbons (Fsp3) is 0.389. The maximum absolute atomic E-state index is 12.5. The summed E-state index contributed by atoms with van der Waals surface area (Å²) in [7, 11) is 0. The molecule has 0 unspecified atom stereocenters. The summed E-state index contributed by atoms with van der Waals surface area (Å²) >= 11 is 0. The van der Waals surface area contributed by atoms with Crippen LogP contribution in [0.3, 0.4) is 0 Å². The Morgan fingerprint density at radius 1 is 1.38 bits per heavy atom. The highest BCUT2D eigenvalue weighted by molar-refractivity contribution is 5.78. The van der Waals surface area contributed by atoms with E-state index in [2.05, 4.69) is 26.7 Å². The van der Waals surface area contributed by atoms with Crippen LogP contribution >= 0.6 is 0 Å². The minimum Gasteiger partial charge on any atom is -0.342 e. The summed E-state index contributed by atoms with van der Waals surface area (Å²) in [6.07, 6.45) is 5.18. The molecule has 1 amide bonds. The number of nitrogens with zero attached hydrogens (tertiary/aromatic N) is 4. The van der Waals surface area contributed by atoms with Crippen LogP contribution in [0.25, 0.3) is 11.0 Å². The molecule has 0 saturated carbocycles. The standard InChI is InChI=1S/C18H21N5O/c1-13-10-20-21-18(13)14-6-8-22(11-14)17(24)7-9-23-12-19-15-4-2-3-5-16(15)23/h2-5,10,12,14H,6-9,11H2,1H3,(H,20,21)/t14-/m1/s1. The molecule has 4 rings (SSSR count). The third-order valence-corrected chi connectivity index (χ3v) is 4.91. The predicted molar refractivity (Wildman–Crippen MR) is 91.6 cm³/mol. The molecule has 1 aliphatic rings. The number of likely N-dealkylation sites (tertiary alicyclic amines) is 1. The highest BCUT2D eigenvalue weighted by Gasteiger charge is 2.28. The molecule has 0 spiro atoms. The van der Waals surface area contributed by atoms with Gasteiger partial charge >= 0.3 is 0 Å². The summed E-state index contributed by atoms with van der Waals surface area (Å²) in [5, 5.41) is 7.18. The topological polar surface area (TPSA) is 66.8 Å². The largest absolute Gasteiger partial charge is 0.342 e. The number of imidazole rings is 1. The SMILES string of the molecule is Cc1cn[nH]c1[C@@H]1CCN(C(=O)CCn2cnc3ccccc32)C1. The molecule has 1 aliphatic heterocycles. The highest BCUT2D eigenvalue weighted by atomic mass is 16.2. The van der Waals surface area contributed by atoms with Gasteiger partial charge in [0.1, 0.15) is 0 Å². The fourth-order valence-corrected chi connectivity index (χ4v) is 3.55. The molecule has 124 valence electrons. The predicted octanol–water partition coefficient (Wildman–Crippen LogP) is 2.47. The van der Waals surface area contributed by atoms with E-state index in [4.69, 9.17) is 0 Å². The quantitative estimate of drug-likeness (QED) is 0.802. The van der Waals surface area contributed by atoms with E-state index in [1.807, 2.05) is 41.7 Å². The average Bonchev–Trinajstić information content (AvgIpc) is 3.31. The maximum atomic E-state index is 12.5. The van der Waals surface area contributed by atoms with Crippen LogP contribution in [0.1, 0.15) is 30.0 Å². The van der Waals surface area contributed by atoms with Gasteiger partial charge in [0, 0.05) is 37.7 Å². The van der Waals surface area contributed by atoms with Crippen LogP contribution in [0.4, 0.5) is 0 Å². The Hall–Kier alpha value is -2.63. The van der Waals surface area contributed by atoms with Crippen molar-refractivity contribution in [2.24, 2.45) is 0 Å². The van der Waals surface area contributed by atoms with Gasteiger partial charge in [-0.1, -0.05) is 12.1 Å². The molecule has 6 nitrogen and oxygen atoms in total. The van der Waals surface area contributed by atoms with Gasteiger partial charge in [-0.3, -0.25) is 9.89 Å². The Balaban J connectivity index is 1.38. The Morgan fingerprint density at radius 2 is 2.25 bits per heavy atom. The summed E-state index contributed by atoms with van der Waals surface area (Å²) in [5.74, 6) is 0.595. The van der Waals surface area contributed by atoms with Crippen LogP contribution in [-0.4, -0.2) is 43.6 Å². The monoisotopic (exact) mass is 323 g/mol. The minimum atomic E-state index is 0.215. The summed E-state index contributed by atoms with van der Waals surface area (Å²) in [5.41, 5.74) is 4.41. The van der Waals surface area contributed by atoms with E-state index in [-0.39, 0.29) is 5.91 Å². The molecule has 1 N–H and O–H groups in total. The van der Waals surface area contributed by atoms with Crippen LogP contribution in [-0.2, 0) is 11.3 Å². The van der Waals surface area contributed by atoms with Crippen molar-refractivity contribution in [1.82, 2.24) is 24.6 Å². The number of H-pyrrole nitrogens is 1. The van der Waals surface area contributed by atoms with Crippen molar-refractivity contribution in [3.05, 3.63) is 48.0 Å². The second-order valence-electron chi connectivity index (χ2n) is 6.47. The van der Waals surface area contributed by atoms with Gasteiger partial charge in [-0.25, -0.2) is 4.98 Å². The van der Waals surface area contributed by atoms with Crippen molar-refractivity contribution in [3.63, 3.8) is 0 Å². The smallest absolute Gasteiger partial charge is 0.224 e. The number of aromatic nitrogens is 4. The van der Waals surface area contributed by atoms with E-state index in [1.165, 1.54) is 11.3 Å². The van der Waals surface area contributed by atoms with Crippen LogP contribution < -0.4 is 0 Å². The van der Waals surface area contributed by atoms with E-state index >= 15 is 0 Å². The normalized spacial score (nSPS) is 17.7. The third kappa shape index (κ3) is 2.68. The molecular formula is C18H21N5O. The molecule has 0 bridgehead atoms. The Kier molecular flexibility index (Phi) is 3.80. The number of carbonyl (C=O) groups excluding carboxylic acids is 1.